The zero-order chi connectivity index (χ0) is 14.8. The van der Waals surface area contributed by atoms with Crippen LogP contribution >= 0.6 is 0 Å². The highest BCUT2D eigenvalue weighted by Gasteiger charge is 2.16. The van der Waals surface area contributed by atoms with E-state index in [1.807, 2.05) is 38.1 Å². The molecule has 0 heterocycles. The highest BCUT2D eigenvalue weighted by atomic mass is 32.2. The topological polar surface area (TPSA) is 70.0 Å². The minimum Gasteiger partial charge on any atom is -0.279 e. The molecule has 0 amide bonds. The summed E-state index contributed by atoms with van der Waals surface area (Å²) in [6.45, 7) is 3.70. The van der Waals surface area contributed by atoms with Crippen LogP contribution in [0.1, 0.15) is 16.7 Å². The van der Waals surface area contributed by atoms with Gasteiger partial charge in [-0.1, -0.05) is 18.2 Å². The number of nitriles is 1. The lowest BCUT2D eigenvalue weighted by molar-refractivity contribution is 0.601. The molecule has 1 N–H and O–H groups in total. The lowest BCUT2D eigenvalue weighted by Gasteiger charge is -2.13. The Balaban J connectivity index is 2.38. The van der Waals surface area contributed by atoms with Crippen LogP contribution in [0.4, 0.5) is 5.69 Å². The Labute approximate surface area is 118 Å². The number of nitrogens with zero attached hydrogens (tertiary/aromatic N) is 1. The zero-order valence-electron chi connectivity index (χ0n) is 11.2. The molecule has 0 fully saturated rings. The van der Waals surface area contributed by atoms with E-state index in [9.17, 15) is 8.42 Å². The maximum Gasteiger partial charge on any atom is 0.261 e. The average molecular weight is 286 g/mol. The van der Waals surface area contributed by atoms with Crippen LogP contribution in [0, 0.1) is 25.2 Å². The van der Waals surface area contributed by atoms with Gasteiger partial charge in [0.05, 0.1) is 22.2 Å². The average Bonchev–Trinajstić information content (AvgIpc) is 2.43. The van der Waals surface area contributed by atoms with E-state index in [4.69, 9.17) is 5.26 Å². The molecule has 0 radical (unpaired) electrons. The van der Waals surface area contributed by atoms with Gasteiger partial charge in [0.15, 0.2) is 0 Å². The Hall–Kier alpha value is -2.32. The van der Waals surface area contributed by atoms with E-state index in [0.29, 0.717) is 11.3 Å². The van der Waals surface area contributed by atoms with Crippen molar-refractivity contribution in [2.24, 2.45) is 0 Å². The second kappa shape index (κ2) is 5.35. The van der Waals surface area contributed by atoms with Gasteiger partial charge in [0.25, 0.3) is 10.0 Å². The molecule has 0 aliphatic heterocycles. The van der Waals surface area contributed by atoms with E-state index >= 15 is 0 Å². The lowest BCUT2D eigenvalue weighted by atomic mass is 10.1. The summed E-state index contributed by atoms with van der Waals surface area (Å²) < 4.78 is 27.2. The number of para-hydroxylation sites is 1. The summed E-state index contributed by atoms with van der Waals surface area (Å²) >= 11 is 0. The van der Waals surface area contributed by atoms with Gasteiger partial charge in [-0.2, -0.15) is 5.26 Å². The van der Waals surface area contributed by atoms with E-state index in [0.717, 1.165) is 11.1 Å². The van der Waals surface area contributed by atoms with Crippen molar-refractivity contribution >= 4 is 15.7 Å². The maximum atomic E-state index is 12.3. The van der Waals surface area contributed by atoms with Crippen LogP contribution in [0.15, 0.2) is 47.4 Å². The van der Waals surface area contributed by atoms with Crippen LogP contribution in [-0.2, 0) is 10.0 Å². The standard InChI is InChI=1S/C15H14N2O2S/c1-11-4-3-5-12(2)15(11)17-20(18,19)14-8-6-13(10-16)7-9-14/h3-9,17H,1-2H3. The first kappa shape index (κ1) is 14.1. The van der Waals surface area contributed by atoms with E-state index in [2.05, 4.69) is 4.72 Å². The van der Waals surface area contributed by atoms with Crippen LogP contribution in [0.3, 0.4) is 0 Å². The summed E-state index contributed by atoms with van der Waals surface area (Å²) in [5, 5.41) is 8.72. The van der Waals surface area contributed by atoms with Gasteiger partial charge in [-0.05, 0) is 49.2 Å². The molecule has 0 bridgehead atoms. The summed E-state index contributed by atoms with van der Waals surface area (Å²) in [7, 11) is -3.64. The third-order valence-corrected chi connectivity index (χ3v) is 4.38. The molecule has 2 rings (SSSR count). The van der Waals surface area contributed by atoms with Crippen molar-refractivity contribution in [1.82, 2.24) is 0 Å². The van der Waals surface area contributed by atoms with Crippen LogP contribution < -0.4 is 4.72 Å². The number of nitrogens with one attached hydrogen (secondary N) is 1. The van der Waals surface area contributed by atoms with Crippen molar-refractivity contribution in [3.05, 3.63) is 59.2 Å². The molecular weight excluding hydrogens is 272 g/mol. The normalized spacial score (nSPS) is 10.8. The fourth-order valence-corrected chi connectivity index (χ4v) is 3.08. The Kier molecular flexibility index (Phi) is 3.77. The predicted octanol–water partition coefficient (Wildman–Crippen LogP) is 2.98. The van der Waals surface area contributed by atoms with Crippen molar-refractivity contribution in [1.29, 1.82) is 5.26 Å². The molecule has 2 aromatic carbocycles. The quantitative estimate of drug-likeness (QED) is 0.943. The molecule has 0 spiro atoms. The first-order chi connectivity index (χ1) is 9.44. The Morgan fingerprint density at radius 1 is 1.00 bits per heavy atom. The van der Waals surface area contributed by atoms with Gasteiger partial charge >= 0.3 is 0 Å². The number of aryl methyl sites for hydroxylation is 2. The Morgan fingerprint density at radius 2 is 1.55 bits per heavy atom. The number of rotatable bonds is 3. The fraction of sp³-hybridized carbons (Fsp3) is 0.133. The highest BCUT2D eigenvalue weighted by Crippen LogP contribution is 2.23. The summed E-state index contributed by atoms with van der Waals surface area (Å²) in [6.07, 6.45) is 0. The molecular formula is C15H14N2O2S. The second-order valence-electron chi connectivity index (χ2n) is 4.51. The molecule has 0 saturated carbocycles. The van der Waals surface area contributed by atoms with Crippen LogP contribution in [0.5, 0.6) is 0 Å². The van der Waals surface area contributed by atoms with E-state index < -0.39 is 10.0 Å². The Bertz CT molecular complexity index is 752. The maximum absolute atomic E-state index is 12.3. The second-order valence-corrected chi connectivity index (χ2v) is 6.19. The minimum atomic E-state index is -3.64. The van der Waals surface area contributed by atoms with Gasteiger partial charge in [-0.15, -0.1) is 0 Å². The van der Waals surface area contributed by atoms with Gasteiger partial charge < -0.3 is 0 Å². The molecule has 20 heavy (non-hydrogen) atoms. The Morgan fingerprint density at radius 3 is 2.05 bits per heavy atom. The third-order valence-electron chi connectivity index (χ3n) is 3.01. The zero-order valence-corrected chi connectivity index (χ0v) is 12.0. The first-order valence-electron chi connectivity index (χ1n) is 6.03. The summed E-state index contributed by atoms with van der Waals surface area (Å²) in [5.41, 5.74) is 2.75. The number of hydrogen-bond acceptors (Lipinski definition) is 3. The summed E-state index contributed by atoms with van der Waals surface area (Å²) in [4.78, 5) is 0.138. The number of benzene rings is 2. The van der Waals surface area contributed by atoms with Crippen LogP contribution in [-0.4, -0.2) is 8.42 Å². The smallest absolute Gasteiger partial charge is 0.261 e. The van der Waals surface area contributed by atoms with Crippen molar-refractivity contribution in [2.45, 2.75) is 18.7 Å². The molecule has 4 nitrogen and oxygen atoms in total. The molecule has 0 aliphatic rings. The highest BCUT2D eigenvalue weighted by molar-refractivity contribution is 7.92. The van der Waals surface area contributed by atoms with Gasteiger partial charge in [0.2, 0.25) is 0 Å². The van der Waals surface area contributed by atoms with Crippen molar-refractivity contribution in [3.63, 3.8) is 0 Å². The molecule has 0 unspecified atom stereocenters. The summed E-state index contributed by atoms with van der Waals surface area (Å²) in [5.74, 6) is 0. The molecule has 0 aliphatic carbocycles. The third kappa shape index (κ3) is 2.81. The molecule has 5 heteroatoms. The van der Waals surface area contributed by atoms with E-state index in [-0.39, 0.29) is 4.90 Å². The number of sulfonamides is 1. The molecule has 0 atom stereocenters. The number of hydrogen-bond donors (Lipinski definition) is 1. The SMILES string of the molecule is Cc1cccc(C)c1NS(=O)(=O)c1ccc(C#N)cc1. The van der Waals surface area contributed by atoms with Gasteiger partial charge in [-0.3, -0.25) is 4.72 Å². The van der Waals surface area contributed by atoms with Crippen molar-refractivity contribution in [3.8, 4) is 6.07 Å². The van der Waals surface area contributed by atoms with Crippen LogP contribution in [0.2, 0.25) is 0 Å². The summed E-state index contributed by atoms with van der Waals surface area (Å²) in [6, 6.07) is 13.4. The largest absolute Gasteiger partial charge is 0.279 e. The monoisotopic (exact) mass is 286 g/mol. The molecule has 0 saturated heterocycles. The lowest BCUT2D eigenvalue weighted by Crippen LogP contribution is -2.14. The van der Waals surface area contributed by atoms with E-state index in [1.54, 1.807) is 0 Å². The van der Waals surface area contributed by atoms with Gasteiger partial charge in [-0.25, -0.2) is 8.42 Å². The predicted molar refractivity (Wildman–Crippen MR) is 77.9 cm³/mol. The van der Waals surface area contributed by atoms with Gasteiger partial charge in [0, 0.05) is 0 Å². The van der Waals surface area contributed by atoms with E-state index in [1.165, 1.54) is 24.3 Å². The minimum absolute atomic E-state index is 0.138. The molecule has 2 aromatic rings. The van der Waals surface area contributed by atoms with Crippen molar-refractivity contribution in [2.75, 3.05) is 4.72 Å². The fourth-order valence-electron chi connectivity index (χ4n) is 1.88. The first-order valence-corrected chi connectivity index (χ1v) is 7.51. The molecule has 0 aromatic heterocycles. The molecule has 102 valence electrons. The van der Waals surface area contributed by atoms with Crippen LogP contribution in [0.25, 0.3) is 0 Å². The van der Waals surface area contributed by atoms with Crippen molar-refractivity contribution < 1.29 is 8.42 Å². The van der Waals surface area contributed by atoms with Gasteiger partial charge in [0.1, 0.15) is 0 Å². The number of anilines is 1.